The van der Waals surface area contributed by atoms with Gasteiger partial charge in [-0.15, -0.1) is 11.3 Å². The average molecular weight is 421 g/mol. The lowest BCUT2D eigenvalue weighted by Crippen LogP contribution is -2.19. The summed E-state index contributed by atoms with van der Waals surface area (Å²) in [5.74, 6) is 1.19. The van der Waals surface area contributed by atoms with Crippen LogP contribution in [0.5, 0.6) is 0 Å². The molecular weight excluding hydrogens is 396 g/mol. The number of pyridine rings is 1. The van der Waals surface area contributed by atoms with Crippen molar-refractivity contribution in [3.05, 3.63) is 47.6 Å². The zero-order chi connectivity index (χ0) is 20.8. The number of thiophene rings is 1. The van der Waals surface area contributed by atoms with Crippen LogP contribution in [0.1, 0.15) is 56.1 Å². The molecule has 0 bridgehead atoms. The van der Waals surface area contributed by atoms with Gasteiger partial charge < -0.3 is 5.32 Å². The van der Waals surface area contributed by atoms with Crippen LogP contribution in [0, 0.1) is 5.92 Å². The summed E-state index contributed by atoms with van der Waals surface area (Å²) < 4.78 is 3.79. The standard InChI is InChI=1S/C22H24N6OS/c1-13(2)27-21-17(12-24-27)16(11-18(25-21)19-5-4-10-30-19)22(29)26-20-8-9-23-28(20)14(3)15-6-7-15/h4-5,8-15H,6-7H2,1-3H3,(H,26,29). The number of anilines is 1. The van der Waals surface area contributed by atoms with Gasteiger partial charge in [0.2, 0.25) is 0 Å². The van der Waals surface area contributed by atoms with E-state index in [1.54, 1.807) is 23.7 Å². The Morgan fingerprint density at radius 2 is 2.03 bits per heavy atom. The smallest absolute Gasteiger partial charge is 0.257 e. The lowest BCUT2D eigenvalue weighted by atomic mass is 10.1. The molecule has 1 saturated carbocycles. The van der Waals surface area contributed by atoms with Crippen molar-refractivity contribution in [3.63, 3.8) is 0 Å². The molecule has 1 amide bonds. The molecule has 4 heterocycles. The molecule has 4 aromatic rings. The summed E-state index contributed by atoms with van der Waals surface area (Å²) in [6.45, 7) is 6.28. The molecule has 4 aromatic heterocycles. The lowest BCUT2D eigenvalue weighted by molar-refractivity contribution is 0.102. The largest absolute Gasteiger partial charge is 0.307 e. The number of fused-ring (bicyclic) bond motifs is 1. The van der Waals surface area contributed by atoms with Crippen molar-refractivity contribution in [1.82, 2.24) is 24.5 Å². The summed E-state index contributed by atoms with van der Waals surface area (Å²) in [4.78, 5) is 19.2. The van der Waals surface area contributed by atoms with Crippen molar-refractivity contribution in [3.8, 4) is 10.6 Å². The zero-order valence-corrected chi connectivity index (χ0v) is 18.1. The average Bonchev–Trinajstić information content (AvgIpc) is 3.12. The van der Waals surface area contributed by atoms with Crippen molar-refractivity contribution >= 4 is 34.1 Å². The minimum atomic E-state index is -0.173. The fourth-order valence-electron chi connectivity index (χ4n) is 3.83. The van der Waals surface area contributed by atoms with Gasteiger partial charge >= 0.3 is 0 Å². The van der Waals surface area contributed by atoms with Gasteiger partial charge in [0.05, 0.1) is 40.0 Å². The highest BCUT2D eigenvalue weighted by atomic mass is 32.1. The summed E-state index contributed by atoms with van der Waals surface area (Å²) in [6.07, 6.45) is 5.92. The monoisotopic (exact) mass is 420 g/mol. The molecule has 0 aliphatic heterocycles. The third-order valence-electron chi connectivity index (χ3n) is 5.68. The molecular formula is C22H24N6OS. The van der Waals surface area contributed by atoms with Crippen molar-refractivity contribution < 1.29 is 4.79 Å². The Morgan fingerprint density at radius 1 is 1.20 bits per heavy atom. The van der Waals surface area contributed by atoms with E-state index in [1.165, 1.54) is 12.8 Å². The first kappa shape index (κ1) is 19.0. The van der Waals surface area contributed by atoms with E-state index in [-0.39, 0.29) is 18.0 Å². The fourth-order valence-corrected chi connectivity index (χ4v) is 4.52. The summed E-state index contributed by atoms with van der Waals surface area (Å²) in [5, 5.41) is 14.8. The number of aromatic nitrogens is 5. The van der Waals surface area contributed by atoms with Gasteiger partial charge in [0, 0.05) is 12.1 Å². The van der Waals surface area contributed by atoms with E-state index in [4.69, 9.17) is 4.98 Å². The Morgan fingerprint density at radius 3 is 2.73 bits per heavy atom. The number of nitrogens with one attached hydrogen (secondary N) is 1. The Hall–Kier alpha value is -3.00. The fraction of sp³-hybridized carbons (Fsp3) is 0.364. The highest BCUT2D eigenvalue weighted by Crippen LogP contribution is 2.40. The maximum atomic E-state index is 13.4. The van der Waals surface area contributed by atoms with Crippen LogP contribution in [-0.4, -0.2) is 30.5 Å². The first-order valence-corrected chi connectivity index (χ1v) is 11.2. The molecule has 1 N–H and O–H groups in total. The van der Waals surface area contributed by atoms with E-state index >= 15 is 0 Å². The molecule has 0 radical (unpaired) electrons. The Labute approximate surface area is 178 Å². The minimum absolute atomic E-state index is 0.144. The summed E-state index contributed by atoms with van der Waals surface area (Å²) in [5.41, 5.74) is 2.08. The number of carbonyl (C=O) groups is 1. The predicted molar refractivity (Wildman–Crippen MR) is 119 cm³/mol. The normalized spacial score (nSPS) is 15.1. The first-order valence-electron chi connectivity index (χ1n) is 10.3. The quantitative estimate of drug-likeness (QED) is 0.467. The molecule has 5 rings (SSSR count). The second-order valence-corrected chi connectivity index (χ2v) is 9.09. The van der Waals surface area contributed by atoms with Gasteiger partial charge in [0.15, 0.2) is 5.65 Å². The highest BCUT2D eigenvalue weighted by Gasteiger charge is 2.31. The van der Waals surface area contributed by atoms with Crippen LogP contribution >= 0.6 is 11.3 Å². The third kappa shape index (κ3) is 3.31. The van der Waals surface area contributed by atoms with Crippen molar-refractivity contribution in [2.75, 3.05) is 5.32 Å². The van der Waals surface area contributed by atoms with Gasteiger partial charge in [-0.05, 0) is 57.0 Å². The molecule has 0 aromatic carbocycles. The van der Waals surface area contributed by atoms with Gasteiger partial charge in [-0.3, -0.25) is 4.79 Å². The predicted octanol–water partition coefficient (Wildman–Crippen LogP) is 5.16. The van der Waals surface area contributed by atoms with Crippen LogP contribution in [0.2, 0.25) is 0 Å². The second kappa shape index (κ2) is 7.36. The van der Waals surface area contributed by atoms with Crippen molar-refractivity contribution in [1.29, 1.82) is 0 Å². The topological polar surface area (TPSA) is 77.6 Å². The zero-order valence-electron chi connectivity index (χ0n) is 17.2. The summed E-state index contributed by atoms with van der Waals surface area (Å²) in [6, 6.07) is 8.14. The molecule has 30 heavy (non-hydrogen) atoms. The van der Waals surface area contributed by atoms with Crippen LogP contribution in [0.3, 0.4) is 0 Å². The number of rotatable bonds is 6. The minimum Gasteiger partial charge on any atom is -0.307 e. The molecule has 1 atom stereocenters. The second-order valence-electron chi connectivity index (χ2n) is 8.15. The summed E-state index contributed by atoms with van der Waals surface area (Å²) in [7, 11) is 0. The van der Waals surface area contributed by atoms with Crippen LogP contribution in [0.15, 0.2) is 42.0 Å². The molecule has 1 fully saturated rings. The Bertz CT molecular complexity index is 1200. The maximum Gasteiger partial charge on any atom is 0.257 e. The number of amides is 1. The molecule has 1 unspecified atom stereocenters. The molecule has 1 aliphatic carbocycles. The van der Waals surface area contributed by atoms with E-state index in [0.717, 1.165) is 27.4 Å². The third-order valence-corrected chi connectivity index (χ3v) is 6.57. The molecule has 154 valence electrons. The van der Waals surface area contributed by atoms with Gasteiger partial charge in [-0.1, -0.05) is 6.07 Å². The van der Waals surface area contributed by atoms with Crippen LogP contribution in [-0.2, 0) is 0 Å². The van der Waals surface area contributed by atoms with Gasteiger partial charge in [0.1, 0.15) is 5.82 Å². The van der Waals surface area contributed by atoms with Crippen molar-refractivity contribution in [2.24, 2.45) is 5.92 Å². The SMILES string of the molecule is CC(C1CC1)n1nccc1NC(=O)c1cc(-c2cccs2)nc2c1cnn2C(C)C. The van der Waals surface area contributed by atoms with E-state index in [1.807, 2.05) is 39.0 Å². The van der Waals surface area contributed by atoms with Crippen LogP contribution in [0.25, 0.3) is 21.6 Å². The number of hydrogen-bond acceptors (Lipinski definition) is 5. The molecule has 7 nitrogen and oxygen atoms in total. The maximum absolute atomic E-state index is 13.4. The summed E-state index contributed by atoms with van der Waals surface area (Å²) >= 11 is 1.61. The number of hydrogen-bond donors (Lipinski definition) is 1. The van der Waals surface area contributed by atoms with E-state index in [2.05, 4.69) is 36.3 Å². The Kier molecular flexibility index (Phi) is 4.66. The van der Waals surface area contributed by atoms with E-state index < -0.39 is 0 Å². The van der Waals surface area contributed by atoms with Crippen LogP contribution < -0.4 is 5.32 Å². The number of nitrogens with zero attached hydrogens (tertiary/aromatic N) is 5. The van der Waals surface area contributed by atoms with Crippen LogP contribution in [0.4, 0.5) is 5.82 Å². The van der Waals surface area contributed by atoms with Gasteiger partial charge in [-0.25, -0.2) is 14.3 Å². The van der Waals surface area contributed by atoms with E-state index in [0.29, 0.717) is 11.5 Å². The number of carbonyl (C=O) groups excluding carboxylic acids is 1. The van der Waals surface area contributed by atoms with E-state index in [9.17, 15) is 4.79 Å². The first-order chi connectivity index (χ1) is 14.5. The Balaban J connectivity index is 1.56. The molecule has 1 aliphatic rings. The lowest BCUT2D eigenvalue weighted by Gasteiger charge is -2.16. The van der Waals surface area contributed by atoms with Gasteiger partial charge in [0.25, 0.3) is 5.91 Å². The molecule has 0 spiro atoms. The highest BCUT2D eigenvalue weighted by molar-refractivity contribution is 7.13. The molecule has 8 heteroatoms. The van der Waals surface area contributed by atoms with Crippen molar-refractivity contribution in [2.45, 2.75) is 45.7 Å². The van der Waals surface area contributed by atoms with Gasteiger partial charge in [-0.2, -0.15) is 10.2 Å². The molecule has 0 saturated heterocycles.